The number of Topliss-reactive ketones (excluding diaryl/α,β-unsaturated/α-hetero) is 1. The molecule has 1 aromatic carbocycles. The number of nitrogens with zero attached hydrogens (tertiary/aromatic N) is 1. The number of alkyl halides is 3. The molecule has 1 heterocycles. The molecular formula is C18H15ClF3NO5. The molecule has 2 aromatic rings. The second-order valence-electron chi connectivity index (χ2n) is 5.80. The highest BCUT2D eigenvalue weighted by molar-refractivity contribution is 6.31. The Morgan fingerprint density at radius 2 is 1.75 bits per heavy atom. The van der Waals surface area contributed by atoms with Crippen LogP contribution in [-0.4, -0.2) is 27.4 Å². The predicted molar refractivity (Wildman–Crippen MR) is 92.7 cm³/mol. The summed E-state index contributed by atoms with van der Waals surface area (Å²) in [5, 5.41) is 8.95. The minimum absolute atomic E-state index is 0.0257. The zero-order chi connectivity index (χ0) is 21.1. The van der Waals surface area contributed by atoms with Gasteiger partial charge >= 0.3 is 12.1 Å². The van der Waals surface area contributed by atoms with E-state index < -0.39 is 29.1 Å². The van der Waals surface area contributed by atoms with E-state index in [-0.39, 0.29) is 28.8 Å². The second kappa shape index (κ2) is 8.05. The molecule has 0 fully saturated rings. The molecule has 0 aliphatic carbocycles. The number of hydrogen-bond acceptors (Lipinski definition) is 5. The molecular weight excluding hydrogens is 403 g/mol. The van der Waals surface area contributed by atoms with Crippen molar-refractivity contribution in [3.05, 3.63) is 47.1 Å². The molecule has 0 bridgehead atoms. The molecule has 2 rings (SSSR count). The lowest BCUT2D eigenvalue weighted by Crippen LogP contribution is -2.48. The number of carbonyl (C=O) groups excluding carboxylic acids is 1. The molecule has 28 heavy (non-hydrogen) atoms. The summed E-state index contributed by atoms with van der Waals surface area (Å²) in [6, 6.07) is 6.11. The maximum absolute atomic E-state index is 12.6. The Kier molecular flexibility index (Phi) is 6.18. The van der Waals surface area contributed by atoms with E-state index in [2.05, 4.69) is 4.98 Å². The molecule has 1 N–H and O–H groups in total. The number of carboxylic acids is 1. The second-order valence-corrected chi connectivity index (χ2v) is 6.21. The Bertz CT molecular complexity index is 886. The van der Waals surface area contributed by atoms with E-state index in [0.717, 1.165) is 6.92 Å². The van der Waals surface area contributed by atoms with Crippen molar-refractivity contribution < 1.29 is 37.3 Å². The molecule has 0 saturated heterocycles. The van der Waals surface area contributed by atoms with Crippen LogP contribution in [0.25, 0.3) is 0 Å². The number of pyridine rings is 1. The zero-order valence-corrected chi connectivity index (χ0v) is 15.5. The first kappa shape index (κ1) is 21.5. The molecule has 0 aliphatic rings. The topological polar surface area (TPSA) is 85.7 Å². The highest BCUT2D eigenvalue weighted by Crippen LogP contribution is 2.35. The summed E-state index contributed by atoms with van der Waals surface area (Å²) in [5.74, 6) is -2.02. The normalized spacial score (nSPS) is 13.5. The fourth-order valence-electron chi connectivity index (χ4n) is 2.14. The molecule has 0 amide bonds. The van der Waals surface area contributed by atoms with E-state index in [1.165, 1.54) is 31.2 Å². The first-order valence-electron chi connectivity index (χ1n) is 7.93. The van der Waals surface area contributed by atoms with Gasteiger partial charge in [0.05, 0.1) is 5.56 Å². The predicted octanol–water partition coefficient (Wildman–Crippen LogP) is 4.75. The van der Waals surface area contributed by atoms with Crippen LogP contribution in [0.5, 0.6) is 17.4 Å². The van der Waals surface area contributed by atoms with Gasteiger partial charge < -0.3 is 14.6 Å². The molecule has 150 valence electrons. The number of carbonyl (C=O) groups is 2. The van der Waals surface area contributed by atoms with Gasteiger partial charge in [0.2, 0.25) is 5.88 Å². The number of ketones is 1. The third-order valence-corrected chi connectivity index (χ3v) is 4.03. The van der Waals surface area contributed by atoms with E-state index in [4.69, 9.17) is 21.1 Å². The first-order valence-corrected chi connectivity index (χ1v) is 8.31. The lowest BCUT2D eigenvalue weighted by Gasteiger charge is -2.24. The molecule has 0 saturated carbocycles. The van der Waals surface area contributed by atoms with Crippen LogP contribution in [0, 0.1) is 0 Å². The third-order valence-electron chi connectivity index (χ3n) is 3.76. The number of aromatic nitrogens is 1. The lowest BCUT2D eigenvalue weighted by atomic mass is 9.99. The monoisotopic (exact) mass is 417 g/mol. The maximum atomic E-state index is 12.6. The number of hydrogen-bond donors (Lipinski definition) is 1. The van der Waals surface area contributed by atoms with Gasteiger partial charge in [-0.25, -0.2) is 9.78 Å². The third kappa shape index (κ3) is 4.72. The Labute approximate surface area is 162 Å². The van der Waals surface area contributed by atoms with E-state index in [0.29, 0.717) is 12.3 Å². The smallest absolute Gasteiger partial charge is 0.417 e. The number of halogens is 4. The van der Waals surface area contributed by atoms with Crippen molar-refractivity contribution >= 4 is 23.4 Å². The van der Waals surface area contributed by atoms with E-state index >= 15 is 0 Å². The standard InChI is InChI=1S/C18H15ClF3NO5/c1-3-14(24)17(2,16(25)26)28-12-6-4-11(5-7-12)27-15-13(19)8-10(9-23-15)18(20,21)22/h4-9H,3H2,1-2H3,(H,25,26). The number of rotatable bonds is 7. The Balaban J connectivity index is 2.17. The fraction of sp³-hybridized carbons (Fsp3) is 0.278. The van der Waals surface area contributed by atoms with Gasteiger partial charge in [0, 0.05) is 12.6 Å². The van der Waals surface area contributed by atoms with Gasteiger partial charge in [-0.1, -0.05) is 18.5 Å². The average Bonchev–Trinajstić information content (AvgIpc) is 2.63. The largest absolute Gasteiger partial charge is 0.478 e. The van der Waals surface area contributed by atoms with Crippen molar-refractivity contribution in [1.29, 1.82) is 0 Å². The van der Waals surface area contributed by atoms with Gasteiger partial charge in [-0.2, -0.15) is 13.2 Å². The Hall–Kier alpha value is -2.81. The molecule has 10 heteroatoms. The van der Waals surface area contributed by atoms with Gasteiger partial charge in [-0.15, -0.1) is 0 Å². The molecule has 6 nitrogen and oxygen atoms in total. The van der Waals surface area contributed by atoms with E-state index in [1.54, 1.807) is 0 Å². The van der Waals surface area contributed by atoms with Crippen LogP contribution in [0.4, 0.5) is 13.2 Å². The number of benzene rings is 1. The first-order chi connectivity index (χ1) is 13.0. The van der Waals surface area contributed by atoms with E-state index in [9.17, 15) is 27.9 Å². The van der Waals surface area contributed by atoms with Crippen molar-refractivity contribution in [2.75, 3.05) is 0 Å². The minimum Gasteiger partial charge on any atom is -0.478 e. The molecule has 1 atom stereocenters. The van der Waals surface area contributed by atoms with Crippen molar-refractivity contribution in [2.45, 2.75) is 32.0 Å². The van der Waals surface area contributed by atoms with Crippen LogP contribution in [0.3, 0.4) is 0 Å². The number of carboxylic acid groups (broad SMARTS) is 1. The minimum atomic E-state index is -4.58. The van der Waals surface area contributed by atoms with Crippen LogP contribution in [-0.2, 0) is 15.8 Å². The van der Waals surface area contributed by atoms with Crippen molar-refractivity contribution in [1.82, 2.24) is 4.98 Å². The highest BCUT2D eigenvalue weighted by atomic mass is 35.5. The summed E-state index contributed by atoms with van der Waals surface area (Å²) in [7, 11) is 0. The SMILES string of the molecule is CCC(=O)C(C)(Oc1ccc(Oc2ncc(C(F)(F)F)cc2Cl)cc1)C(=O)O. The summed E-state index contributed by atoms with van der Waals surface area (Å²) >= 11 is 5.77. The summed E-state index contributed by atoms with van der Waals surface area (Å²) in [6.07, 6.45) is -4.02. The van der Waals surface area contributed by atoms with Crippen molar-refractivity contribution in [3.8, 4) is 17.4 Å². The van der Waals surface area contributed by atoms with Crippen LogP contribution >= 0.6 is 11.6 Å². The molecule has 1 aromatic heterocycles. The average molecular weight is 418 g/mol. The van der Waals surface area contributed by atoms with Gasteiger partial charge in [0.15, 0.2) is 5.78 Å². The molecule has 0 radical (unpaired) electrons. The van der Waals surface area contributed by atoms with Gasteiger partial charge in [-0.3, -0.25) is 4.79 Å². The number of ether oxygens (including phenoxy) is 2. The van der Waals surface area contributed by atoms with Crippen LogP contribution in [0.15, 0.2) is 36.5 Å². The highest BCUT2D eigenvalue weighted by Gasteiger charge is 2.42. The molecule has 0 aliphatic heterocycles. The van der Waals surface area contributed by atoms with Gasteiger partial charge in [0.25, 0.3) is 5.60 Å². The summed E-state index contributed by atoms with van der Waals surface area (Å²) in [6.45, 7) is 2.67. The van der Waals surface area contributed by atoms with Crippen molar-refractivity contribution in [2.24, 2.45) is 0 Å². The lowest BCUT2D eigenvalue weighted by molar-refractivity contribution is -0.160. The molecule has 1 unspecified atom stereocenters. The number of aliphatic carboxylic acids is 1. The Morgan fingerprint density at radius 1 is 1.18 bits per heavy atom. The molecule has 0 spiro atoms. The van der Waals surface area contributed by atoms with Gasteiger partial charge in [0.1, 0.15) is 16.5 Å². The van der Waals surface area contributed by atoms with Crippen LogP contribution < -0.4 is 9.47 Å². The van der Waals surface area contributed by atoms with E-state index in [1.807, 2.05) is 0 Å². The maximum Gasteiger partial charge on any atom is 0.417 e. The summed E-state index contributed by atoms with van der Waals surface area (Å²) in [4.78, 5) is 26.8. The quantitative estimate of drug-likeness (QED) is 0.654. The Morgan fingerprint density at radius 3 is 2.21 bits per heavy atom. The summed E-state index contributed by atoms with van der Waals surface area (Å²) in [5.41, 5.74) is -3.06. The fourth-order valence-corrected chi connectivity index (χ4v) is 2.34. The van der Waals surface area contributed by atoms with Crippen LogP contribution in [0.1, 0.15) is 25.8 Å². The van der Waals surface area contributed by atoms with Gasteiger partial charge in [-0.05, 0) is 37.3 Å². The summed E-state index contributed by atoms with van der Waals surface area (Å²) < 4.78 is 48.5. The zero-order valence-electron chi connectivity index (χ0n) is 14.7. The van der Waals surface area contributed by atoms with Crippen molar-refractivity contribution in [3.63, 3.8) is 0 Å². The van der Waals surface area contributed by atoms with Crippen LogP contribution in [0.2, 0.25) is 5.02 Å².